The van der Waals surface area contributed by atoms with Gasteiger partial charge in [0, 0.05) is 6.54 Å². The smallest absolute Gasteiger partial charge is 0.174 e. The van der Waals surface area contributed by atoms with Crippen LogP contribution >= 0.6 is 22.6 Å². The highest BCUT2D eigenvalue weighted by Crippen LogP contribution is 2.35. The number of hydrogen-bond acceptors (Lipinski definition) is 3. The lowest BCUT2D eigenvalue weighted by Crippen LogP contribution is -2.15. The average molecular weight is 391 g/mol. The molecule has 0 aliphatic carbocycles. The van der Waals surface area contributed by atoms with Crippen LogP contribution in [0.15, 0.2) is 12.1 Å². The van der Waals surface area contributed by atoms with Gasteiger partial charge in [0.2, 0.25) is 0 Å². The van der Waals surface area contributed by atoms with Crippen molar-refractivity contribution >= 4 is 22.6 Å². The van der Waals surface area contributed by atoms with Gasteiger partial charge in [0.1, 0.15) is 0 Å². The summed E-state index contributed by atoms with van der Waals surface area (Å²) < 4.78 is 12.7. The van der Waals surface area contributed by atoms with Gasteiger partial charge in [-0.25, -0.2) is 0 Å². The lowest BCUT2D eigenvalue weighted by molar-refractivity contribution is 0.222. The van der Waals surface area contributed by atoms with E-state index >= 15 is 0 Å². The summed E-state index contributed by atoms with van der Waals surface area (Å²) in [7, 11) is 0. The lowest BCUT2D eigenvalue weighted by Gasteiger charge is -2.17. The SMILES string of the molecule is CCCCNCc1cc(I)c(OC(C)C)c(OCC)c1. The third kappa shape index (κ3) is 5.87. The largest absolute Gasteiger partial charge is 0.490 e. The molecule has 0 amide bonds. The topological polar surface area (TPSA) is 30.5 Å². The van der Waals surface area contributed by atoms with Crippen LogP contribution in [0.1, 0.15) is 46.1 Å². The molecular weight excluding hydrogens is 365 g/mol. The molecule has 4 heteroatoms. The summed E-state index contributed by atoms with van der Waals surface area (Å²) in [4.78, 5) is 0. The quantitative estimate of drug-likeness (QED) is 0.501. The van der Waals surface area contributed by atoms with Crippen molar-refractivity contribution in [1.29, 1.82) is 0 Å². The monoisotopic (exact) mass is 391 g/mol. The molecule has 1 aromatic carbocycles. The van der Waals surface area contributed by atoms with Crippen molar-refractivity contribution in [2.45, 2.75) is 53.2 Å². The van der Waals surface area contributed by atoms with Crippen LogP contribution in [0.4, 0.5) is 0 Å². The number of benzene rings is 1. The van der Waals surface area contributed by atoms with Gasteiger partial charge in [-0.2, -0.15) is 0 Å². The molecule has 1 N–H and O–H groups in total. The molecule has 0 saturated heterocycles. The van der Waals surface area contributed by atoms with Gasteiger partial charge < -0.3 is 14.8 Å². The van der Waals surface area contributed by atoms with Crippen molar-refractivity contribution in [2.24, 2.45) is 0 Å². The highest BCUT2D eigenvalue weighted by atomic mass is 127. The minimum absolute atomic E-state index is 0.149. The van der Waals surface area contributed by atoms with Gasteiger partial charge in [-0.15, -0.1) is 0 Å². The lowest BCUT2D eigenvalue weighted by atomic mass is 10.2. The maximum Gasteiger partial charge on any atom is 0.174 e. The standard InChI is InChI=1S/C16H26INO2/c1-5-7-8-18-11-13-9-14(17)16(20-12(3)4)15(10-13)19-6-2/h9-10,12,18H,5-8,11H2,1-4H3. The molecule has 1 aromatic rings. The van der Waals surface area contributed by atoms with Crippen LogP contribution in [0.25, 0.3) is 0 Å². The molecule has 0 unspecified atom stereocenters. The van der Waals surface area contributed by atoms with Gasteiger partial charge in [0.25, 0.3) is 0 Å². The highest BCUT2D eigenvalue weighted by molar-refractivity contribution is 14.1. The zero-order chi connectivity index (χ0) is 15.0. The van der Waals surface area contributed by atoms with Crippen LogP contribution in [0.3, 0.4) is 0 Å². The fraction of sp³-hybridized carbons (Fsp3) is 0.625. The first-order valence-electron chi connectivity index (χ1n) is 7.41. The number of unbranched alkanes of at least 4 members (excludes halogenated alkanes) is 1. The Kier molecular flexibility index (Phi) is 8.30. The molecule has 0 aliphatic heterocycles. The second-order valence-electron chi connectivity index (χ2n) is 5.03. The van der Waals surface area contributed by atoms with Crippen LogP contribution in [-0.2, 0) is 6.54 Å². The predicted molar refractivity (Wildman–Crippen MR) is 92.7 cm³/mol. The summed E-state index contributed by atoms with van der Waals surface area (Å²) in [6.07, 6.45) is 2.58. The van der Waals surface area contributed by atoms with Crippen LogP contribution in [-0.4, -0.2) is 19.3 Å². The van der Waals surface area contributed by atoms with E-state index in [0.717, 1.165) is 28.2 Å². The van der Waals surface area contributed by atoms with Gasteiger partial charge in [0.05, 0.1) is 16.3 Å². The van der Waals surface area contributed by atoms with Crippen molar-refractivity contribution < 1.29 is 9.47 Å². The van der Waals surface area contributed by atoms with Gasteiger partial charge in [-0.05, 0) is 74.0 Å². The van der Waals surface area contributed by atoms with Crippen LogP contribution in [0, 0.1) is 3.57 Å². The molecule has 0 saturated carbocycles. The van der Waals surface area contributed by atoms with Crippen molar-refractivity contribution in [3.05, 3.63) is 21.3 Å². The average Bonchev–Trinajstić information content (AvgIpc) is 2.39. The fourth-order valence-corrected chi connectivity index (χ4v) is 2.66. The zero-order valence-corrected chi connectivity index (χ0v) is 15.1. The highest BCUT2D eigenvalue weighted by Gasteiger charge is 2.13. The molecule has 1 rings (SSSR count). The Labute approximate surface area is 136 Å². The van der Waals surface area contributed by atoms with E-state index in [1.807, 2.05) is 20.8 Å². The van der Waals surface area contributed by atoms with E-state index in [-0.39, 0.29) is 6.10 Å². The normalized spacial score (nSPS) is 10.9. The Hall–Kier alpha value is -0.490. The fourth-order valence-electron chi connectivity index (χ4n) is 1.87. The van der Waals surface area contributed by atoms with Crippen molar-refractivity contribution in [1.82, 2.24) is 5.32 Å². The van der Waals surface area contributed by atoms with E-state index in [4.69, 9.17) is 9.47 Å². The van der Waals surface area contributed by atoms with E-state index in [9.17, 15) is 0 Å². The molecule has 0 bridgehead atoms. The van der Waals surface area contributed by atoms with E-state index in [2.05, 4.69) is 47.0 Å². The van der Waals surface area contributed by atoms with Crippen LogP contribution < -0.4 is 14.8 Å². The molecule has 0 aliphatic rings. The molecule has 20 heavy (non-hydrogen) atoms. The van der Waals surface area contributed by atoms with E-state index in [1.165, 1.54) is 18.4 Å². The second-order valence-corrected chi connectivity index (χ2v) is 6.20. The minimum Gasteiger partial charge on any atom is -0.490 e. The Morgan fingerprint density at radius 2 is 2.00 bits per heavy atom. The summed E-state index contributed by atoms with van der Waals surface area (Å²) in [6.45, 7) is 10.8. The number of rotatable bonds is 9. The summed E-state index contributed by atoms with van der Waals surface area (Å²) >= 11 is 2.32. The third-order valence-corrected chi connectivity index (χ3v) is 3.56. The van der Waals surface area contributed by atoms with Crippen LogP contribution in [0.2, 0.25) is 0 Å². The second kappa shape index (κ2) is 9.45. The summed E-state index contributed by atoms with van der Waals surface area (Å²) in [6, 6.07) is 4.25. The molecule has 0 spiro atoms. The molecule has 0 atom stereocenters. The molecule has 0 fully saturated rings. The van der Waals surface area contributed by atoms with E-state index in [0.29, 0.717) is 6.61 Å². The van der Waals surface area contributed by atoms with Gasteiger partial charge in [-0.1, -0.05) is 13.3 Å². The predicted octanol–water partition coefficient (Wildman–Crippen LogP) is 4.37. The molecule has 0 radical (unpaired) electrons. The van der Waals surface area contributed by atoms with Crippen molar-refractivity contribution in [3.63, 3.8) is 0 Å². The van der Waals surface area contributed by atoms with Gasteiger partial charge in [0.15, 0.2) is 11.5 Å². The summed E-state index contributed by atoms with van der Waals surface area (Å²) in [5.74, 6) is 1.71. The molecule has 0 aromatic heterocycles. The molecule has 3 nitrogen and oxygen atoms in total. The number of ether oxygens (including phenoxy) is 2. The van der Waals surface area contributed by atoms with Gasteiger partial charge in [-0.3, -0.25) is 0 Å². The first-order chi connectivity index (χ1) is 9.58. The number of nitrogens with one attached hydrogen (secondary N) is 1. The first kappa shape index (κ1) is 17.6. The Morgan fingerprint density at radius 1 is 1.25 bits per heavy atom. The maximum atomic E-state index is 5.87. The van der Waals surface area contributed by atoms with Crippen LogP contribution in [0.5, 0.6) is 11.5 Å². The molecule has 0 heterocycles. The Balaban J connectivity index is 2.83. The van der Waals surface area contributed by atoms with Gasteiger partial charge >= 0.3 is 0 Å². The first-order valence-corrected chi connectivity index (χ1v) is 8.48. The zero-order valence-electron chi connectivity index (χ0n) is 13.0. The third-order valence-electron chi connectivity index (χ3n) is 2.76. The molecular formula is C16H26INO2. The summed E-state index contributed by atoms with van der Waals surface area (Å²) in [5, 5.41) is 3.46. The number of halogens is 1. The van der Waals surface area contributed by atoms with E-state index in [1.54, 1.807) is 0 Å². The van der Waals surface area contributed by atoms with Crippen molar-refractivity contribution in [3.8, 4) is 11.5 Å². The maximum absolute atomic E-state index is 5.87. The summed E-state index contributed by atoms with van der Waals surface area (Å²) in [5.41, 5.74) is 1.24. The Morgan fingerprint density at radius 3 is 2.60 bits per heavy atom. The van der Waals surface area contributed by atoms with E-state index < -0.39 is 0 Å². The minimum atomic E-state index is 0.149. The van der Waals surface area contributed by atoms with Crippen molar-refractivity contribution in [2.75, 3.05) is 13.2 Å². The number of hydrogen-bond donors (Lipinski definition) is 1. The Bertz CT molecular complexity index is 408. The molecule has 114 valence electrons.